The Labute approximate surface area is 104 Å². The number of nitrogens with one attached hydrogen (secondary N) is 1. The van der Waals surface area contributed by atoms with Gasteiger partial charge in [0.25, 0.3) is 0 Å². The Hall–Kier alpha value is 0.230. The Morgan fingerprint density at radius 1 is 1.12 bits per heavy atom. The van der Waals surface area contributed by atoms with Crippen LogP contribution in [0.5, 0.6) is 0 Å². The van der Waals surface area contributed by atoms with Crippen LogP contribution in [0, 0.1) is 0 Å². The number of thioether (sulfide) groups is 1. The van der Waals surface area contributed by atoms with Gasteiger partial charge in [0.15, 0.2) is 0 Å². The van der Waals surface area contributed by atoms with Crippen molar-refractivity contribution in [1.82, 2.24) is 15.1 Å². The number of hydrogen-bond acceptors (Lipinski definition) is 4. The zero-order chi connectivity index (χ0) is 11.7. The van der Waals surface area contributed by atoms with E-state index in [0.29, 0.717) is 12.1 Å². The zero-order valence-corrected chi connectivity index (χ0v) is 11.8. The van der Waals surface area contributed by atoms with Gasteiger partial charge in [-0.2, -0.15) is 11.8 Å². The monoisotopic (exact) mass is 243 g/mol. The fourth-order valence-corrected chi connectivity index (χ4v) is 3.83. The van der Waals surface area contributed by atoms with Crippen LogP contribution in [0.15, 0.2) is 0 Å². The molecule has 2 heterocycles. The molecule has 2 aliphatic heterocycles. The molecule has 2 fully saturated rings. The molecule has 0 aromatic rings. The number of likely N-dealkylation sites (N-methyl/N-ethyl adjacent to an activating group) is 1. The molecule has 4 unspecified atom stereocenters. The highest BCUT2D eigenvalue weighted by Gasteiger charge is 2.36. The molecule has 0 aromatic heterocycles. The van der Waals surface area contributed by atoms with Crippen LogP contribution in [-0.2, 0) is 0 Å². The molecule has 2 aliphatic rings. The van der Waals surface area contributed by atoms with Crippen molar-refractivity contribution in [2.75, 3.05) is 39.5 Å². The van der Waals surface area contributed by atoms with Gasteiger partial charge in [-0.1, -0.05) is 0 Å². The van der Waals surface area contributed by atoms with Gasteiger partial charge in [-0.15, -0.1) is 0 Å². The minimum Gasteiger partial charge on any atom is -0.314 e. The maximum atomic E-state index is 3.54. The van der Waals surface area contributed by atoms with Crippen molar-refractivity contribution < 1.29 is 0 Å². The molecule has 3 nitrogen and oxygen atoms in total. The molecule has 0 aromatic carbocycles. The van der Waals surface area contributed by atoms with Gasteiger partial charge in [-0.05, 0) is 27.2 Å². The molecular weight excluding hydrogens is 218 g/mol. The molecular formula is C12H25N3S. The molecule has 4 heteroatoms. The smallest absolute Gasteiger partial charge is 0.0352 e. The fraction of sp³-hybridized carbons (Fsp3) is 1.00. The third-order valence-corrected chi connectivity index (χ3v) is 5.37. The highest BCUT2D eigenvalue weighted by Crippen LogP contribution is 2.24. The Bertz CT molecular complexity index is 224. The van der Waals surface area contributed by atoms with Gasteiger partial charge in [0.2, 0.25) is 0 Å². The topological polar surface area (TPSA) is 18.5 Å². The van der Waals surface area contributed by atoms with E-state index in [4.69, 9.17) is 0 Å². The Morgan fingerprint density at radius 2 is 1.75 bits per heavy atom. The minimum absolute atomic E-state index is 0.687. The molecule has 16 heavy (non-hydrogen) atoms. The van der Waals surface area contributed by atoms with Gasteiger partial charge >= 0.3 is 0 Å². The second-order valence-electron chi connectivity index (χ2n) is 5.32. The van der Waals surface area contributed by atoms with Crippen LogP contribution >= 0.6 is 11.8 Å². The van der Waals surface area contributed by atoms with Crippen LogP contribution in [0.1, 0.15) is 13.8 Å². The fourth-order valence-electron chi connectivity index (χ4n) is 2.96. The SMILES string of the molecule is CSC1CNCC1N1CC(C)N(C)C(C)C1. The van der Waals surface area contributed by atoms with Crippen molar-refractivity contribution in [3.63, 3.8) is 0 Å². The summed E-state index contributed by atoms with van der Waals surface area (Å²) >= 11 is 2.02. The van der Waals surface area contributed by atoms with Crippen molar-refractivity contribution in [2.24, 2.45) is 0 Å². The van der Waals surface area contributed by atoms with Crippen LogP contribution < -0.4 is 5.32 Å². The lowest BCUT2D eigenvalue weighted by Gasteiger charge is -2.45. The summed E-state index contributed by atoms with van der Waals surface area (Å²) in [4.78, 5) is 5.21. The molecule has 0 spiro atoms. The summed E-state index contributed by atoms with van der Waals surface area (Å²) < 4.78 is 0. The zero-order valence-electron chi connectivity index (χ0n) is 10.9. The normalized spacial score (nSPS) is 42.8. The summed E-state index contributed by atoms with van der Waals surface area (Å²) in [7, 11) is 2.26. The highest BCUT2D eigenvalue weighted by atomic mass is 32.2. The first-order valence-electron chi connectivity index (χ1n) is 6.33. The summed E-state index contributed by atoms with van der Waals surface area (Å²) in [6.07, 6.45) is 2.24. The van der Waals surface area contributed by atoms with E-state index in [1.807, 2.05) is 11.8 Å². The van der Waals surface area contributed by atoms with E-state index >= 15 is 0 Å². The van der Waals surface area contributed by atoms with E-state index in [-0.39, 0.29) is 0 Å². The van der Waals surface area contributed by atoms with Crippen molar-refractivity contribution in [2.45, 2.75) is 37.2 Å². The Morgan fingerprint density at radius 3 is 2.31 bits per heavy atom. The number of piperazine rings is 1. The third-order valence-electron chi connectivity index (χ3n) is 4.29. The number of nitrogens with zero attached hydrogens (tertiary/aromatic N) is 2. The summed E-state index contributed by atoms with van der Waals surface area (Å²) in [5.74, 6) is 0. The van der Waals surface area contributed by atoms with E-state index in [1.54, 1.807) is 0 Å². The van der Waals surface area contributed by atoms with E-state index in [9.17, 15) is 0 Å². The van der Waals surface area contributed by atoms with Crippen LogP contribution in [0.2, 0.25) is 0 Å². The van der Waals surface area contributed by atoms with Gasteiger partial charge in [-0.3, -0.25) is 9.80 Å². The lowest BCUT2D eigenvalue weighted by molar-refractivity contribution is 0.0396. The van der Waals surface area contributed by atoms with E-state index in [2.05, 4.69) is 42.3 Å². The predicted molar refractivity (Wildman–Crippen MR) is 72.2 cm³/mol. The molecule has 2 rings (SSSR count). The third kappa shape index (κ3) is 2.40. The van der Waals surface area contributed by atoms with Crippen molar-refractivity contribution in [3.05, 3.63) is 0 Å². The Kier molecular flexibility index (Phi) is 4.16. The van der Waals surface area contributed by atoms with E-state index in [1.165, 1.54) is 26.2 Å². The molecule has 1 N–H and O–H groups in total. The van der Waals surface area contributed by atoms with Crippen LogP contribution in [0.3, 0.4) is 0 Å². The maximum absolute atomic E-state index is 3.54. The quantitative estimate of drug-likeness (QED) is 0.770. The van der Waals surface area contributed by atoms with Crippen molar-refractivity contribution in [3.8, 4) is 0 Å². The molecule has 0 radical (unpaired) electrons. The highest BCUT2D eigenvalue weighted by molar-refractivity contribution is 7.99. The molecule has 2 saturated heterocycles. The molecule has 4 atom stereocenters. The maximum Gasteiger partial charge on any atom is 0.0352 e. The molecule has 0 amide bonds. The first-order chi connectivity index (χ1) is 7.63. The van der Waals surface area contributed by atoms with Crippen molar-refractivity contribution in [1.29, 1.82) is 0 Å². The van der Waals surface area contributed by atoms with Gasteiger partial charge in [0, 0.05) is 49.6 Å². The molecule has 0 bridgehead atoms. The summed E-state index contributed by atoms with van der Waals surface area (Å²) in [6, 6.07) is 2.12. The van der Waals surface area contributed by atoms with Crippen LogP contribution in [-0.4, -0.2) is 72.7 Å². The van der Waals surface area contributed by atoms with E-state index in [0.717, 1.165) is 11.3 Å². The van der Waals surface area contributed by atoms with Gasteiger partial charge in [-0.25, -0.2) is 0 Å². The van der Waals surface area contributed by atoms with Crippen LogP contribution in [0.4, 0.5) is 0 Å². The lowest BCUT2D eigenvalue weighted by atomic mass is 10.1. The predicted octanol–water partition coefficient (Wildman–Crippen LogP) is 0.714. The number of rotatable bonds is 2. The Balaban J connectivity index is 1.99. The summed E-state index contributed by atoms with van der Waals surface area (Å²) in [5.41, 5.74) is 0. The summed E-state index contributed by atoms with van der Waals surface area (Å²) in [5, 5.41) is 4.32. The van der Waals surface area contributed by atoms with E-state index < -0.39 is 0 Å². The first kappa shape index (κ1) is 12.7. The molecule has 94 valence electrons. The molecule has 0 saturated carbocycles. The number of hydrogen-bond donors (Lipinski definition) is 1. The standard InChI is InChI=1S/C12H25N3S/c1-9-7-15(8-10(2)14(9)3)11-5-13-6-12(11)16-4/h9-13H,5-8H2,1-4H3. The average molecular weight is 243 g/mol. The summed E-state index contributed by atoms with van der Waals surface area (Å²) in [6.45, 7) is 9.50. The molecule has 0 aliphatic carbocycles. The minimum atomic E-state index is 0.687. The van der Waals surface area contributed by atoms with Crippen molar-refractivity contribution >= 4 is 11.8 Å². The van der Waals surface area contributed by atoms with Gasteiger partial charge in [0.1, 0.15) is 0 Å². The van der Waals surface area contributed by atoms with Gasteiger partial charge in [0.05, 0.1) is 0 Å². The van der Waals surface area contributed by atoms with Gasteiger partial charge < -0.3 is 5.32 Å². The second-order valence-corrected chi connectivity index (χ2v) is 6.39. The largest absolute Gasteiger partial charge is 0.314 e. The first-order valence-corrected chi connectivity index (χ1v) is 7.61. The lowest BCUT2D eigenvalue weighted by Crippen LogP contribution is -2.59. The second kappa shape index (κ2) is 5.25. The van der Waals surface area contributed by atoms with Crippen LogP contribution in [0.25, 0.3) is 0 Å². The average Bonchev–Trinajstić information content (AvgIpc) is 2.73.